The number of fused-ring (bicyclic) bond motifs is 1. The first kappa shape index (κ1) is 27.7. The number of aromatic nitrogens is 3. The second kappa shape index (κ2) is 11.1. The third-order valence-electron chi connectivity index (χ3n) is 7.84. The molecule has 2 aromatic heterocycles. The maximum absolute atomic E-state index is 14.1. The van der Waals surface area contributed by atoms with E-state index in [1.54, 1.807) is 26.1 Å². The third-order valence-corrected chi connectivity index (χ3v) is 8.78. The summed E-state index contributed by atoms with van der Waals surface area (Å²) in [7, 11) is 0. The quantitative estimate of drug-likeness (QED) is 0.455. The fourth-order valence-corrected chi connectivity index (χ4v) is 6.48. The smallest absolute Gasteiger partial charge is 0.250 e. The Morgan fingerprint density at radius 1 is 1.24 bits per heavy atom. The van der Waals surface area contributed by atoms with Gasteiger partial charge in [0, 0.05) is 43.8 Å². The van der Waals surface area contributed by atoms with Crippen LogP contribution < -0.4 is 15.8 Å². The van der Waals surface area contributed by atoms with Gasteiger partial charge in [-0.25, -0.2) is 13.9 Å². The number of amides is 2. The van der Waals surface area contributed by atoms with Crippen molar-refractivity contribution in [2.24, 2.45) is 5.73 Å². The number of halogens is 1. The number of hydrogen-bond acceptors (Lipinski definition) is 10. The number of ether oxygens (including phenoxy) is 4. The highest BCUT2D eigenvalue weighted by atomic mass is 32.2. The molecule has 7 rings (SSSR count). The zero-order valence-corrected chi connectivity index (χ0v) is 23.5. The number of nitrogens with one attached hydrogen (secondary N) is 1. The summed E-state index contributed by atoms with van der Waals surface area (Å²) in [5, 5.41) is 7.33. The van der Waals surface area contributed by atoms with Gasteiger partial charge in [0.05, 0.1) is 31.1 Å². The number of carbonyl (C=O) groups is 2. The number of hydrogen-bond donors (Lipinski definition) is 2. The molecule has 12 nitrogen and oxygen atoms in total. The minimum atomic E-state index is -0.560. The summed E-state index contributed by atoms with van der Waals surface area (Å²) in [5.41, 5.74) is 7.04. The van der Waals surface area contributed by atoms with Crippen LogP contribution in [0.3, 0.4) is 0 Å². The van der Waals surface area contributed by atoms with Crippen LogP contribution in [0.2, 0.25) is 0 Å². The Hall–Kier alpha value is -3.46. The molecule has 4 atom stereocenters. The molecule has 0 bridgehead atoms. The first-order valence-electron chi connectivity index (χ1n) is 13.3. The van der Waals surface area contributed by atoms with Crippen LogP contribution in [-0.4, -0.2) is 99.6 Å². The topological polar surface area (TPSA) is 143 Å². The van der Waals surface area contributed by atoms with Crippen LogP contribution in [0.1, 0.15) is 22.8 Å². The summed E-state index contributed by atoms with van der Waals surface area (Å²) in [6.07, 6.45) is 2.12. The first-order chi connectivity index (χ1) is 19.8. The van der Waals surface area contributed by atoms with Crippen molar-refractivity contribution in [1.29, 1.82) is 0 Å². The molecule has 3 aromatic rings. The zero-order chi connectivity index (χ0) is 28.7. The van der Waals surface area contributed by atoms with E-state index in [0.717, 1.165) is 24.6 Å². The van der Waals surface area contributed by atoms with Crippen molar-refractivity contribution in [3.8, 4) is 5.75 Å². The van der Waals surface area contributed by atoms with Crippen molar-refractivity contribution in [1.82, 2.24) is 19.5 Å². The standard InChI is InChI=1S/C21H20FN5O5.C6H11NOS/c1-10-12(19(23)28)5-27-17(10)20(24-9-25-27)26-13-3-2-11(22)4-14(13)32-15-6-31-21-8-30-16(21)7-29-18(15)21;1-6(8)7-2-4-9-5-3-7/h2-5,9,15-16,18H,6-8H2,1H3,(H2,23,28)(H,24,25,26);2-5H2,1H3/t15?,16?,18-,21-;/m1./s1. The Bertz CT molecular complexity index is 1480. The minimum Gasteiger partial charge on any atom is -0.483 e. The van der Waals surface area contributed by atoms with Gasteiger partial charge in [-0.3, -0.25) is 9.59 Å². The highest BCUT2D eigenvalue weighted by Crippen LogP contribution is 2.47. The molecule has 0 aliphatic carbocycles. The van der Waals surface area contributed by atoms with Crippen molar-refractivity contribution in [3.63, 3.8) is 0 Å². The highest BCUT2D eigenvalue weighted by Gasteiger charge is 2.67. The van der Waals surface area contributed by atoms with Gasteiger partial charge in [-0.15, -0.1) is 0 Å². The molecule has 4 aliphatic heterocycles. The van der Waals surface area contributed by atoms with Crippen molar-refractivity contribution in [2.75, 3.05) is 49.7 Å². The maximum Gasteiger partial charge on any atom is 0.250 e. The lowest BCUT2D eigenvalue weighted by molar-refractivity contribution is -0.224. The molecule has 4 aliphatic rings. The zero-order valence-electron chi connectivity index (χ0n) is 22.7. The molecule has 6 heterocycles. The van der Waals surface area contributed by atoms with Gasteiger partial charge in [0.15, 0.2) is 11.9 Å². The Labute approximate surface area is 239 Å². The van der Waals surface area contributed by atoms with Gasteiger partial charge >= 0.3 is 0 Å². The van der Waals surface area contributed by atoms with Gasteiger partial charge in [-0.1, -0.05) is 0 Å². The van der Waals surface area contributed by atoms with E-state index in [2.05, 4.69) is 15.4 Å². The molecular formula is C27H31FN6O6S. The van der Waals surface area contributed by atoms with Crippen LogP contribution in [0.5, 0.6) is 5.75 Å². The number of aryl methyl sites for hydroxylation is 1. The van der Waals surface area contributed by atoms with E-state index in [1.165, 1.54) is 23.0 Å². The summed E-state index contributed by atoms with van der Waals surface area (Å²) in [4.78, 5) is 28.7. The van der Waals surface area contributed by atoms with Crippen LogP contribution >= 0.6 is 11.8 Å². The molecule has 2 unspecified atom stereocenters. The molecule has 0 saturated carbocycles. The lowest BCUT2D eigenvalue weighted by Crippen LogP contribution is -2.61. The van der Waals surface area contributed by atoms with Gasteiger partial charge in [0.25, 0.3) is 5.91 Å². The molecule has 4 saturated heterocycles. The van der Waals surface area contributed by atoms with E-state index in [9.17, 15) is 14.0 Å². The maximum atomic E-state index is 14.1. The Balaban J connectivity index is 0.000000289. The van der Waals surface area contributed by atoms with E-state index in [4.69, 9.17) is 24.7 Å². The number of thioether (sulfide) groups is 1. The summed E-state index contributed by atoms with van der Waals surface area (Å²) >= 11 is 1.92. The number of rotatable bonds is 5. The van der Waals surface area contributed by atoms with Gasteiger partial charge in [-0.05, 0) is 24.6 Å². The molecular weight excluding hydrogens is 555 g/mol. The molecule has 1 spiro atoms. The minimum absolute atomic E-state index is 0.0858. The van der Waals surface area contributed by atoms with Crippen molar-refractivity contribution >= 4 is 40.6 Å². The average molecular weight is 587 g/mol. The molecule has 1 aromatic carbocycles. The van der Waals surface area contributed by atoms with Gasteiger partial charge in [-0.2, -0.15) is 16.9 Å². The number of nitrogens with two attached hydrogens (primary N) is 1. The van der Waals surface area contributed by atoms with Gasteiger partial charge < -0.3 is 34.9 Å². The predicted octanol–water partition coefficient (Wildman–Crippen LogP) is 1.92. The number of anilines is 2. The lowest BCUT2D eigenvalue weighted by atomic mass is 9.89. The third kappa shape index (κ3) is 5.09. The lowest BCUT2D eigenvalue weighted by Gasteiger charge is -2.41. The van der Waals surface area contributed by atoms with Gasteiger partial charge in [0.2, 0.25) is 5.91 Å². The van der Waals surface area contributed by atoms with E-state index in [1.807, 2.05) is 16.7 Å². The Morgan fingerprint density at radius 3 is 2.73 bits per heavy atom. The molecule has 0 radical (unpaired) electrons. The van der Waals surface area contributed by atoms with Crippen LogP contribution in [-0.2, 0) is 19.0 Å². The number of nitrogens with zero attached hydrogens (tertiary/aromatic N) is 4. The monoisotopic (exact) mass is 586 g/mol. The number of carbonyl (C=O) groups excluding carboxylic acids is 2. The fraction of sp³-hybridized carbons (Fsp3) is 0.481. The van der Waals surface area contributed by atoms with Crippen molar-refractivity contribution in [2.45, 2.75) is 37.8 Å². The molecule has 2 amide bonds. The highest BCUT2D eigenvalue weighted by molar-refractivity contribution is 7.99. The second-order valence-corrected chi connectivity index (χ2v) is 11.5. The van der Waals surface area contributed by atoms with E-state index in [0.29, 0.717) is 53.7 Å². The molecule has 218 valence electrons. The van der Waals surface area contributed by atoms with Crippen molar-refractivity contribution in [3.05, 3.63) is 47.7 Å². The van der Waals surface area contributed by atoms with Crippen LogP contribution in [0.15, 0.2) is 30.7 Å². The molecule has 3 N–H and O–H groups in total. The van der Waals surface area contributed by atoms with E-state index < -0.39 is 23.4 Å². The first-order valence-corrected chi connectivity index (χ1v) is 14.5. The van der Waals surface area contributed by atoms with Crippen LogP contribution in [0.25, 0.3) is 5.52 Å². The summed E-state index contributed by atoms with van der Waals surface area (Å²) in [6, 6.07) is 4.18. The SMILES string of the molecule is CC(=O)N1CCSCC1.Cc1c(C(N)=O)cn2ncnc(Nc3ccc(F)cc3OC3CO[C@]45COC4CO[C@H]35)c12. The van der Waals surface area contributed by atoms with Crippen LogP contribution in [0, 0.1) is 12.7 Å². The Kier molecular flexibility index (Phi) is 7.49. The molecule has 14 heteroatoms. The number of benzene rings is 1. The van der Waals surface area contributed by atoms with E-state index in [-0.39, 0.29) is 18.1 Å². The average Bonchev–Trinajstić information content (AvgIpc) is 3.57. The summed E-state index contributed by atoms with van der Waals surface area (Å²) < 4.78 is 39.2. The second-order valence-electron chi connectivity index (χ2n) is 10.3. The van der Waals surface area contributed by atoms with E-state index >= 15 is 0 Å². The van der Waals surface area contributed by atoms with Crippen molar-refractivity contribution < 1.29 is 32.9 Å². The predicted molar refractivity (Wildman–Crippen MR) is 148 cm³/mol. The summed E-state index contributed by atoms with van der Waals surface area (Å²) in [5.74, 6) is 2.15. The van der Waals surface area contributed by atoms with Crippen LogP contribution in [0.4, 0.5) is 15.9 Å². The Morgan fingerprint density at radius 2 is 2.05 bits per heavy atom. The van der Waals surface area contributed by atoms with Gasteiger partial charge in [0.1, 0.15) is 41.2 Å². The number of primary amides is 1. The fourth-order valence-electron chi connectivity index (χ4n) is 5.58. The molecule has 41 heavy (non-hydrogen) atoms. The normalized spacial score (nSPS) is 26.4. The molecule has 4 fully saturated rings. The largest absolute Gasteiger partial charge is 0.483 e. The summed E-state index contributed by atoms with van der Waals surface area (Å²) in [6.45, 7) is 6.52.